The van der Waals surface area contributed by atoms with Gasteiger partial charge < -0.3 is 10.6 Å². The van der Waals surface area contributed by atoms with Crippen LogP contribution in [0, 0.1) is 0 Å². The van der Waals surface area contributed by atoms with E-state index in [1.54, 1.807) is 24.3 Å². The third kappa shape index (κ3) is 3.62. The quantitative estimate of drug-likeness (QED) is 0.598. The Balaban J connectivity index is 1.90. The fraction of sp³-hybridized carbons (Fsp3) is 0.286. The van der Waals surface area contributed by atoms with Crippen molar-refractivity contribution in [3.8, 4) is 0 Å². The summed E-state index contributed by atoms with van der Waals surface area (Å²) in [6, 6.07) is 12.2. The molecule has 0 fully saturated rings. The molecule has 6 nitrogen and oxygen atoms in total. The van der Waals surface area contributed by atoms with Crippen LogP contribution in [0.15, 0.2) is 47.4 Å². The molecule has 2 N–H and O–H groups in total. The number of para-hydroxylation sites is 2. The molecule has 1 aliphatic rings. The van der Waals surface area contributed by atoms with Crippen molar-refractivity contribution in [3.05, 3.63) is 53.6 Å². The molecule has 0 aromatic heterocycles. The number of aryl methyl sites for hydroxylation is 1. The van der Waals surface area contributed by atoms with E-state index in [0.29, 0.717) is 22.7 Å². The van der Waals surface area contributed by atoms with Gasteiger partial charge in [0.15, 0.2) is 5.25 Å². The molecule has 7 heteroatoms. The van der Waals surface area contributed by atoms with Gasteiger partial charge in [0.05, 0.1) is 21.4 Å². The van der Waals surface area contributed by atoms with E-state index in [1.807, 2.05) is 39.0 Å². The van der Waals surface area contributed by atoms with Crippen LogP contribution in [-0.2, 0) is 31.6 Å². The first-order chi connectivity index (χ1) is 13.3. The summed E-state index contributed by atoms with van der Waals surface area (Å²) >= 11 is 0. The van der Waals surface area contributed by atoms with Gasteiger partial charge >= 0.3 is 0 Å². The highest BCUT2D eigenvalue weighted by molar-refractivity contribution is 7.87. The van der Waals surface area contributed by atoms with Crippen molar-refractivity contribution in [2.24, 2.45) is 0 Å². The van der Waals surface area contributed by atoms with Crippen LogP contribution in [0.4, 0.5) is 11.4 Å². The molecule has 2 atom stereocenters. The number of ketones is 1. The molecule has 0 radical (unpaired) electrons. The van der Waals surface area contributed by atoms with Crippen LogP contribution in [0.3, 0.4) is 0 Å². The molecule has 0 bridgehead atoms. The van der Waals surface area contributed by atoms with E-state index in [9.17, 15) is 18.6 Å². The Morgan fingerprint density at radius 2 is 1.86 bits per heavy atom. The van der Waals surface area contributed by atoms with Gasteiger partial charge in [0, 0.05) is 5.69 Å². The molecular formula is C21H22N2O4S. The Labute approximate surface area is 166 Å². The van der Waals surface area contributed by atoms with Gasteiger partial charge in [0.2, 0.25) is 11.7 Å². The summed E-state index contributed by atoms with van der Waals surface area (Å²) in [5, 5.41) is 3.67. The minimum absolute atomic E-state index is 0.135. The molecule has 3 rings (SSSR count). The van der Waals surface area contributed by atoms with Gasteiger partial charge in [-0.25, -0.2) is 0 Å². The van der Waals surface area contributed by atoms with Gasteiger partial charge in [-0.2, -0.15) is 0 Å². The molecule has 1 aliphatic heterocycles. The van der Waals surface area contributed by atoms with Crippen molar-refractivity contribution in [3.63, 3.8) is 0 Å². The second-order valence-corrected chi connectivity index (χ2v) is 8.38. The van der Waals surface area contributed by atoms with Gasteiger partial charge in [-0.3, -0.25) is 18.6 Å². The molecule has 0 saturated heterocycles. The number of anilines is 2. The smallest absolute Gasteiger partial charge is 0.293 e. The van der Waals surface area contributed by atoms with E-state index in [2.05, 4.69) is 10.6 Å². The maximum atomic E-state index is 12.8. The number of hydrogen-bond acceptors (Lipinski definition) is 4. The number of hydrogen-bond donors (Lipinski definition) is 2. The van der Waals surface area contributed by atoms with Crippen LogP contribution in [0.25, 0.3) is 0 Å². The van der Waals surface area contributed by atoms with Crippen LogP contribution < -0.4 is 10.6 Å². The summed E-state index contributed by atoms with van der Waals surface area (Å²) in [5.74, 6) is -2.54. The molecule has 0 aliphatic carbocycles. The number of benzene rings is 2. The fourth-order valence-corrected chi connectivity index (χ4v) is 4.58. The van der Waals surface area contributed by atoms with E-state index in [1.165, 1.54) is 0 Å². The number of amides is 2. The third-order valence-corrected chi connectivity index (χ3v) is 6.35. The van der Waals surface area contributed by atoms with Gasteiger partial charge in [-0.15, -0.1) is 0 Å². The second kappa shape index (κ2) is 8.06. The highest BCUT2D eigenvalue weighted by atomic mass is 32.2. The zero-order valence-corrected chi connectivity index (χ0v) is 16.8. The molecule has 28 heavy (non-hydrogen) atoms. The van der Waals surface area contributed by atoms with Gasteiger partial charge in [-0.05, 0) is 35.6 Å². The SMILES string of the molecule is CCc1cccc(C(C)C)c1NC(=O)C(=O)[C@H]1C(=O)Nc2ccccc2[S@]1=O. The van der Waals surface area contributed by atoms with Gasteiger partial charge in [-0.1, -0.05) is 51.1 Å². The number of nitrogens with one attached hydrogen (secondary N) is 2. The molecule has 0 saturated carbocycles. The summed E-state index contributed by atoms with van der Waals surface area (Å²) in [7, 11) is -1.94. The average molecular weight is 398 g/mol. The number of rotatable bonds is 5. The summed E-state index contributed by atoms with van der Waals surface area (Å²) in [6.07, 6.45) is 0.674. The van der Waals surface area contributed by atoms with Crippen LogP contribution in [0.1, 0.15) is 37.8 Å². The van der Waals surface area contributed by atoms with Crippen LogP contribution in [0.2, 0.25) is 0 Å². The number of carbonyl (C=O) groups is 3. The summed E-state index contributed by atoms with van der Waals surface area (Å²) in [5.41, 5.74) is 2.78. The van der Waals surface area contributed by atoms with Crippen LogP contribution in [0.5, 0.6) is 0 Å². The molecule has 2 amide bonds. The lowest BCUT2D eigenvalue weighted by Gasteiger charge is -2.23. The third-order valence-electron chi connectivity index (χ3n) is 4.70. The van der Waals surface area contributed by atoms with E-state index in [4.69, 9.17) is 0 Å². The number of fused-ring (bicyclic) bond motifs is 1. The first-order valence-electron chi connectivity index (χ1n) is 9.12. The Morgan fingerprint density at radius 1 is 1.14 bits per heavy atom. The lowest BCUT2D eigenvalue weighted by Crippen LogP contribution is -2.46. The first kappa shape index (κ1) is 19.9. The fourth-order valence-electron chi connectivity index (χ4n) is 3.23. The minimum Gasteiger partial charge on any atom is -0.324 e. The Kier molecular flexibility index (Phi) is 5.74. The molecular weight excluding hydrogens is 376 g/mol. The zero-order valence-electron chi connectivity index (χ0n) is 15.9. The van der Waals surface area contributed by atoms with Crippen LogP contribution >= 0.6 is 0 Å². The molecule has 2 aromatic carbocycles. The summed E-state index contributed by atoms with van der Waals surface area (Å²) < 4.78 is 12.8. The van der Waals surface area contributed by atoms with E-state index < -0.39 is 33.6 Å². The molecule has 146 valence electrons. The van der Waals surface area contributed by atoms with Crippen molar-refractivity contribution in [1.29, 1.82) is 0 Å². The monoisotopic (exact) mass is 398 g/mol. The van der Waals surface area contributed by atoms with Crippen molar-refractivity contribution < 1.29 is 18.6 Å². The average Bonchev–Trinajstić information content (AvgIpc) is 2.67. The maximum absolute atomic E-state index is 12.8. The van der Waals surface area contributed by atoms with E-state index in [-0.39, 0.29) is 5.92 Å². The number of carbonyl (C=O) groups excluding carboxylic acids is 3. The highest BCUT2D eigenvalue weighted by Crippen LogP contribution is 2.30. The Morgan fingerprint density at radius 3 is 2.54 bits per heavy atom. The van der Waals surface area contributed by atoms with Gasteiger partial charge in [0.1, 0.15) is 0 Å². The lowest BCUT2D eigenvalue weighted by atomic mass is 9.96. The molecule has 2 aromatic rings. The Bertz CT molecular complexity index is 984. The van der Waals surface area contributed by atoms with Crippen molar-refractivity contribution in [1.82, 2.24) is 0 Å². The minimum atomic E-state index is -1.94. The topological polar surface area (TPSA) is 92.3 Å². The summed E-state index contributed by atoms with van der Waals surface area (Å²) in [4.78, 5) is 38.1. The first-order valence-corrected chi connectivity index (χ1v) is 10.3. The van der Waals surface area contributed by atoms with E-state index >= 15 is 0 Å². The highest BCUT2D eigenvalue weighted by Gasteiger charge is 2.41. The predicted octanol–water partition coefficient (Wildman–Crippen LogP) is 3.01. The van der Waals surface area contributed by atoms with Crippen molar-refractivity contribution in [2.75, 3.05) is 10.6 Å². The predicted molar refractivity (Wildman–Crippen MR) is 109 cm³/mol. The van der Waals surface area contributed by atoms with Crippen molar-refractivity contribution in [2.45, 2.75) is 43.3 Å². The largest absolute Gasteiger partial charge is 0.324 e. The molecule has 0 spiro atoms. The summed E-state index contributed by atoms with van der Waals surface area (Å²) in [6.45, 7) is 5.94. The normalized spacial score (nSPS) is 18.4. The standard InChI is InChI=1S/C21H22N2O4S/c1-4-13-8-7-9-14(12(2)3)17(13)23-20(25)18(24)19-21(26)22-15-10-5-6-11-16(15)28(19)27/h5-12,19H,4H2,1-3H3,(H,22,26)(H,23,25)/t19-,28+/m0/s1. The molecule has 0 unspecified atom stereocenters. The lowest BCUT2D eigenvalue weighted by molar-refractivity contribution is -0.136. The number of Topliss-reactive ketones (excluding diaryl/α,β-unsaturated/α-hetero) is 1. The Hall–Kier alpha value is -2.80. The second-order valence-electron chi connectivity index (χ2n) is 6.87. The molecule has 1 heterocycles. The zero-order chi connectivity index (χ0) is 20.4. The van der Waals surface area contributed by atoms with E-state index in [0.717, 1.165) is 11.1 Å². The van der Waals surface area contributed by atoms with Crippen LogP contribution in [-0.4, -0.2) is 27.1 Å². The van der Waals surface area contributed by atoms with Gasteiger partial charge in [0.25, 0.3) is 5.91 Å². The van der Waals surface area contributed by atoms with Crippen molar-refractivity contribution >= 4 is 39.8 Å². The maximum Gasteiger partial charge on any atom is 0.293 e.